The van der Waals surface area contributed by atoms with E-state index in [1.54, 1.807) is 6.33 Å². The van der Waals surface area contributed by atoms with Crippen LogP contribution in [0.4, 0.5) is 4.79 Å². The Morgan fingerprint density at radius 1 is 1.37 bits per heavy atom. The largest absolute Gasteiger partial charge is 0.381 e. The number of nitrogens with one attached hydrogen (secondary N) is 3. The second-order valence-corrected chi connectivity index (χ2v) is 5.78. The molecule has 2 amide bonds. The van der Waals surface area contributed by atoms with E-state index in [-0.39, 0.29) is 12.1 Å². The van der Waals surface area contributed by atoms with Crippen LogP contribution in [0.5, 0.6) is 0 Å². The molecule has 19 heavy (non-hydrogen) atoms. The van der Waals surface area contributed by atoms with Gasteiger partial charge >= 0.3 is 6.03 Å². The molecule has 6 nitrogen and oxygen atoms in total. The summed E-state index contributed by atoms with van der Waals surface area (Å²) in [5.74, 6) is 1.10. The van der Waals surface area contributed by atoms with Gasteiger partial charge in [0.1, 0.15) is 0 Å². The summed E-state index contributed by atoms with van der Waals surface area (Å²) in [4.78, 5) is 19.4. The summed E-state index contributed by atoms with van der Waals surface area (Å²) in [6.45, 7) is 1.60. The molecule has 1 aromatic rings. The number of imidazole rings is 1. The highest BCUT2D eigenvalue weighted by Crippen LogP contribution is 2.43. The van der Waals surface area contributed by atoms with E-state index in [1.807, 2.05) is 0 Å². The van der Waals surface area contributed by atoms with Crippen molar-refractivity contribution in [1.29, 1.82) is 0 Å². The molecule has 3 N–H and O–H groups in total. The van der Waals surface area contributed by atoms with Crippen LogP contribution in [-0.2, 0) is 17.6 Å². The summed E-state index contributed by atoms with van der Waals surface area (Å²) >= 11 is 0. The fourth-order valence-corrected chi connectivity index (χ4v) is 3.36. The lowest BCUT2D eigenvalue weighted by atomic mass is 9.96. The first-order valence-electron chi connectivity index (χ1n) is 6.97. The number of urea groups is 1. The van der Waals surface area contributed by atoms with Crippen LogP contribution in [0.1, 0.15) is 17.8 Å². The lowest BCUT2D eigenvalue weighted by Crippen LogP contribution is -2.46. The van der Waals surface area contributed by atoms with Crippen molar-refractivity contribution >= 4 is 6.03 Å². The van der Waals surface area contributed by atoms with Gasteiger partial charge in [-0.15, -0.1) is 0 Å². The van der Waals surface area contributed by atoms with Crippen molar-refractivity contribution in [3.05, 3.63) is 17.7 Å². The van der Waals surface area contributed by atoms with Crippen LogP contribution in [-0.4, -0.2) is 41.3 Å². The van der Waals surface area contributed by atoms with Crippen LogP contribution in [0.3, 0.4) is 0 Å². The second kappa shape index (κ2) is 4.23. The number of aryl methyl sites for hydroxylation is 1. The van der Waals surface area contributed by atoms with E-state index in [0.717, 1.165) is 43.9 Å². The highest BCUT2D eigenvalue weighted by Gasteiger charge is 2.54. The number of rotatable bonds is 2. The van der Waals surface area contributed by atoms with E-state index in [1.165, 1.54) is 0 Å². The van der Waals surface area contributed by atoms with Crippen molar-refractivity contribution in [2.75, 3.05) is 13.2 Å². The molecule has 2 fully saturated rings. The van der Waals surface area contributed by atoms with Gasteiger partial charge in [0.05, 0.1) is 25.2 Å². The molecular formula is C13H18N4O2. The summed E-state index contributed by atoms with van der Waals surface area (Å²) in [7, 11) is 0. The number of hydrogen-bond donors (Lipinski definition) is 3. The van der Waals surface area contributed by atoms with Crippen molar-refractivity contribution < 1.29 is 9.53 Å². The van der Waals surface area contributed by atoms with E-state index in [9.17, 15) is 4.79 Å². The molecular weight excluding hydrogens is 244 g/mol. The maximum atomic E-state index is 12.0. The number of aromatic amines is 1. The predicted octanol–water partition coefficient (Wildman–Crippen LogP) is 0.211. The van der Waals surface area contributed by atoms with E-state index < -0.39 is 0 Å². The topological polar surface area (TPSA) is 79.0 Å². The first-order chi connectivity index (χ1) is 9.31. The van der Waals surface area contributed by atoms with Gasteiger partial charge in [-0.3, -0.25) is 0 Å². The van der Waals surface area contributed by atoms with E-state index in [2.05, 4.69) is 20.6 Å². The van der Waals surface area contributed by atoms with Gasteiger partial charge in [0.25, 0.3) is 0 Å². The number of aromatic nitrogens is 2. The first-order valence-corrected chi connectivity index (χ1v) is 6.97. The van der Waals surface area contributed by atoms with Crippen molar-refractivity contribution in [2.45, 2.75) is 31.3 Å². The van der Waals surface area contributed by atoms with Crippen molar-refractivity contribution in [3.63, 3.8) is 0 Å². The number of H-pyrrole nitrogens is 1. The zero-order valence-electron chi connectivity index (χ0n) is 10.7. The molecule has 2 unspecified atom stereocenters. The smallest absolute Gasteiger partial charge is 0.315 e. The summed E-state index contributed by atoms with van der Waals surface area (Å²) in [6, 6.07) is 0.509. The average Bonchev–Trinajstić information content (AvgIpc) is 2.85. The zero-order valence-corrected chi connectivity index (χ0v) is 10.7. The van der Waals surface area contributed by atoms with Crippen LogP contribution in [0.2, 0.25) is 0 Å². The molecule has 1 aromatic heterocycles. The van der Waals surface area contributed by atoms with Gasteiger partial charge in [0, 0.05) is 36.0 Å². The number of amides is 2. The quantitative estimate of drug-likeness (QED) is 0.713. The normalized spacial score (nSPS) is 35.4. The highest BCUT2D eigenvalue weighted by molar-refractivity contribution is 5.75. The van der Waals surface area contributed by atoms with Gasteiger partial charge in [-0.25, -0.2) is 9.78 Å². The lowest BCUT2D eigenvalue weighted by Gasteiger charge is -2.23. The third-order valence-electron chi connectivity index (χ3n) is 4.57. The fraction of sp³-hybridized carbons (Fsp3) is 0.692. The fourth-order valence-electron chi connectivity index (χ4n) is 3.36. The minimum Gasteiger partial charge on any atom is -0.381 e. The van der Waals surface area contributed by atoms with E-state index in [4.69, 9.17) is 4.74 Å². The van der Waals surface area contributed by atoms with E-state index >= 15 is 0 Å². The number of fused-ring (bicyclic) bond motifs is 2. The van der Waals surface area contributed by atoms with E-state index in [0.29, 0.717) is 17.9 Å². The van der Waals surface area contributed by atoms with Crippen LogP contribution < -0.4 is 10.6 Å². The molecule has 0 aromatic carbocycles. The third kappa shape index (κ3) is 2.00. The Bertz CT molecular complexity index is 491. The van der Waals surface area contributed by atoms with Gasteiger partial charge in [-0.1, -0.05) is 0 Å². The number of carbonyl (C=O) groups is 1. The Morgan fingerprint density at radius 3 is 3.05 bits per heavy atom. The Balaban J connectivity index is 1.29. The predicted molar refractivity (Wildman–Crippen MR) is 67.7 cm³/mol. The van der Waals surface area contributed by atoms with Crippen LogP contribution in [0, 0.1) is 11.8 Å². The van der Waals surface area contributed by atoms with Crippen LogP contribution in [0.25, 0.3) is 0 Å². The molecule has 4 rings (SSSR count). The minimum atomic E-state index is -0.0348. The van der Waals surface area contributed by atoms with Crippen LogP contribution >= 0.6 is 0 Å². The maximum absolute atomic E-state index is 12.0. The number of nitrogens with zero attached hydrogens (tertiary/aromatic N) is 1. The maximum Gasteiger partial charge on any atom is 0.315 e. The molecule has 6 heteroatoms. The Kier molecular flexibility index (Phi) is 2.51. The molecule has 4 atom stereocenters. The standard InChI is InChI=1S/C13H18N4O2/c18-13(17-12-8-4-19-5-9(8)12)16-7-1-2-10-11(3-7)15-6-14-10/h6-9,12H,1-5H2,(H,14,15)(H2,16,17,18)/t7?,8-,9+,12?. The van der Waals surface area contributed by atoms with Crippen LogP contribution in [0.15, 0.2) is 6.33 Å². The van der Waals surface area contributed by atoms with Gasteiger partial charge in [-0.05, 0) is 12.8 Å². The van der Waals surface area contributed by atoms with Gasteiger partial charge in [0.15, 0.2) is 0 Å². The Morgan fingerprint density at radius 2 is 2.21 bits per heavy atom. The molecule has 0 spiro atoms. The lowest BCUT2D eigenvalue weighted by molar-refractivity contribution is 0.156. The molecule has 0 bridgehead atoms. The van der Waals surface area contributed by atoms with Crippen molar-refractivity contribution in [2.24, 2.45) is 11.8 Å². The average molecular weight is 262 g/mol. The Hall–Kier alpha value is -1.56. The molecule has 102 valence electrons. The highest BCUT2D eigenvalue weighted by atomic mass is 16.5. The first kappa shape index (κ1) is 11.3. The molecule has 1 aliphatic heterocycles. The number of ether oxygens (including phenoxy) is 1. The molecule has 2 heterocycles. The molecule has 0 radical (unpaired) electrons. The van der Waals surface area contributed by atoms with Gasteiger partial charge in [-0.2, -0.15) is 0 Å². The number of carbonyl (C=O) groups excluding carboxylic acids is 1. The summed E-state index contributed by atoms with van der Waals surface area (Å²) in [5.41, 5.74) is 2.31. The monoisotopic (exact) mass is 262 g/mol. The zero-order chi connectivity index (χ0) is 12.8. The van der Waals surface area contributed by atoms with Gasteiger partial charge in [0.2, 0.25) is 0 Å². The van der Waals surface area contributed by atoms with Crippen molar-refractivity contribution in [3.8, 4) is 0 Å². The summed E-state index contributed by atoms with van der Waals surface area (Å²) in [6.07, 6.45) is 4.49. The summed E-state index contributed by atoms with van der Waals surface area (Å²) < 4.78 is 5.32. The SMILES string of the molecule is O=C(NC1CCc2nc[nH]c2C1)NC1[C@H]2COC[C@@H]12. The number of hydrogen-bond acceptors (Lipinski definition) is 3. The third-order valence-corrected chi connectivity index (χ3v) is 4.57. The summed E-state index contributed by atoms with van der Waals surface area (Å²) in [5, 5.41) is 6.14. The molecule has 3 aliphatic rings. The minimum absolute atomic E-state index is 0.0348. The van der Waals surface area contributed by atoms with Gasteiger partial charge < -0.3 is 20.4 Å². The Labute approximate surface area is 111 Å². The molecule has 2 aliphatic carbocycles. The second-order valence-electron chi connectivity index (χ2n) is 5.78. The van der Waals surface area contributed by atoms with Crippen molar-refractivity contribution in [1.82, 2.24) is 20.6 Å². The molecule has 1 saturated carbocycles. The molecule has 1 saturated heterocycles.